The van der Waals surface area contributed by atoms with Gasteiger partial charge in [-0.05, 0) is 37.9 Å². The Balaban J connectivity index is 2.65. The molecule has 0 radical (unpaired) electrons. The lowest BCUT2D eigenvalue weighted by atomic mass is 10.0. The van der Waals surface area contributed by atoms with E-state index in [1.54, 1.807) is 12.4 Å². The number of aromatic nitrogens is 1. The van der Waals surface area contributed by atoms with E-state index in [4.69, 9.17) is 5.73 Å². The fraction of sp³-hybridized carbons (Fsp3) is 0.500. The molecule has 0 spiro atoms. The second-order valence-corrected chi connectivity index (χ2v) is 3.18. The maximum absolute atomic E-state index is 9.74. The van der Waals surface area contributed by atoms with Gasteiger partial charge in [0.2, 0.25) is 0 Å². The molecule has 13 heavy (non-hydrogen) atoms. The number of hydrogen-bond acceptors (Lipinski definition) is 3. The molecule has 0 saturated heterocycles. The van der Waals surface area contributed by atoms with E-state index in [-0.39, 0.29) is 0 Å². The van der Waals surface area contributed by atoms with Gasteiger partial charge in [0, 0.05) is 18.0 Å². The Morgan fingerprint density at radius 2 is 2.38 bits per heavy atom. The van der Waals surface area contributed by atoms with Gasteiger partial charge in [-0.15, -0.1) is 0 Å². The van der Waals surface area contributed by atoms with Gasteiger partial charge in [-0.1, -0.05) is 0 Å². The van der Waals surface area contributed by atoms with E-state index in [0.29, 0.717) is 13.0 Å². The lowest BCUT2D eigenvalue weighted by Gasteiger charge is -2.11. The summed E-state index contributed by atoms with van der Waals surface area (Å²) in [4.78, 5) is 3.98. The molecule has 3 N–H and O–H groups in total. The Labute approximate surface area is 78.6 Å². The molecule has 0 amide bonds. The van der Waals surface area contributed by atoms with Crippen molar-refractivity contribution in [3.63, 3.8) is 0 Å². The first-order valence-electron chi connectivity index (χ1n) is 4.54. The zero-order valence-corrected chi connectivity index (χ0v) is 7.90. The SMILES string of the molecule is Cc1ccncc1C(O)CCCN. The average molecular weight is 180 g/mol. The van der Waals surface area contributed by atoms with E-state index in [1.165, 1.54) is 0 Å². The van der Waals surface area contributed by atoms with E-state index in [0.717, 1.165) is 17.5 Å². The van der Waals surface area contributed by atoms with Crippen LogP contribution in [-0.4, -0.2) is 16.6 Å². The van der Waals surface area contributed by atoms with Crippen LogP contribution in [0, 0.1) is 6.92 Å². The predicted molar refractivity (Wildman–Crippen MR) is 52.2 cm³/mol. The van der Waals surface area contributed by atoms with Crippen molar-refractivity contribution in [2.75, 3.05) is 6.54 Å². The van der Waals surface area contributed by atoms with Crippen LogP contribution in [0.1, 0.15) is 30.1 Å². The van der Waals surface area contributed by atoms with Crippen LogP contribution in [0.25, 0.3) is 0 Å². The largest absolute Gasteiger partial charge is 0.388 e. The summed E-state index contributed by atoms with van der Waals surface area (Å²) < 4.78 is 0. The van der Waals surface area contributed by atoms with Crippen molar-refractivity contribution in [2.45, 2.75) is 25.9 Å². The number of aliphatic hydroxyl groups excluding tert-OH is 1. The number of aliphatic hydroxyl groups is 1. The summed E-state index contributed by atoms with van der Waals surface area (Å²) in [6.07, 6.45) is 4.58. The normalized spacial score (nSPS) is 12.8. The lowest BCUT2D eigenvalue weighted by Crippen LogP contribution is -2.05. The highest BCUT2D eigenvalue weighted by Gasteiger charge is 2.08. The number of hydrogen-bond donors (Lipinski definition) is 2. The van der Waals surface area contributed by atoms with Crippen molar-refractivity contribution >= 4 is 0 Å². The zero-order valence-electron chi connectivity index (χ0n) is 7.90. The predicted octanol–water partition coefficient (Wildman–Crippen LogP) is 1.16. The molecular formula is C10H16N2O. The minimum Gasteiger partial charge on any atom is -0.388 e. The standard InChI is InChI=1S/C10H16N2O/c1-8-4-6-12-7-9(8)10(13)3-2-5-11/h4,6-7,10,13H,2-3,5,11H2,1H3. The molecule has 3 heteroatoms. The third-order valence-corrected chi connectivity index (χ3v) is 2.12. The second-order valence-electron chi connectivity index (χ2n) is 3.18. The molecule has 3 nitrogen and oxygen atoms in total. The molecule has 1 atom stereocenters. The fourth-order valence-electron chi connectivity index (χ4n) is 1.29. The molecule has 0 aromatic carbocycles. The smallest absolute Gasteiger partial charge is 0.0808 e. The topological polar surface area (TPSA) is 59.1 Å². The van der Waals surface area contributed by atoms with Crippen LogP contribution >= 0.6 is 0 Å². The summed E-state index contributed by atoms with van der Waals surface area (Å²) in [5.41, 5.74) is 7.36. The Morgan fingerprint density at radius 1 is 1.62 bits per heavy atom. The molecule has 0 bridgehead atoms. The number of nitrogens with two attached hydrogens (primary N) is 1. The molecule has 0 aliphatic carbocycles. The first kappa shape index (κ1) is 10.2. The van der Waals surface area contributed by atoms with Gasteiger partial charge in [0.05, 0.1) is 6.10 Å². The van der Waals surface area contributed by atoms with Crippen LogP contribution in [0.2, 0.25) is 0 Å². The van der Waals surface area contributed by atoms with Crippen molar-refractivity contribution in [1.29, 1.82) is 0 Å². The number of aryl methyl sites for hydroxylation is 1. The molecule has 0 aliphatic rings. The zero-order chi connectivity index (χ0) is 9.68. The summed E-state index contributed by atoms with van der Waals surface area (Å²) in [6, 6.07) is 1.90. The summed E-state index contributed by atoms with van der Waals surface area (Å²) >= 11 is 0. The third-order valence-electron chi connectivity index (χ3n) is 2.12. The molecule has 0 saturated carbocycles. The van der Waals surface area contributed by atoms with Crippen molar-refractivity contribution in [3.8, 4) is 0 Å². The van der Waals surface area contributed by atoms with Crippen molar-refractivity contribution in [2.24, 2.45) is 5.73 Å². The average Bonchev–Trinajstić information content (AvgIpc) is 2.15. The van der Waals surface area contributed by atoms with Gasteiger partial charge in [0.25, 0.3) is 0 Å². The maximum Gasteiger partial charge on any atom is 0.0808 e. The molecule has 72 valence electrons. The van der Waals surface area contributed by atoms with Crippen molar-refractivity contribution in [1.82, 2.24) is 4.98 Å². The Hall–Kier alpha value is -0.930. The van der Waals surface area contributed by atoms with Gasteiger partial charge in [0.1, 0.15) is 0 Å². The highest BCUT2D eigenvalue weighted by Crippen LogP contribution is 2.19. The van der Waals surface area contributed by atoms with Gasteiger partial charge in [-0.25, -0.2) is 0 Å². The number of pyridine rings is 1. The van der Waals surface area contributed by atoms with Crippen LogP contribution < -0.4 is 5.73 Å². The molecule has 1 aromatic heterocycles. The molecule has 1 aromatic rings. The quantitative estimate of drug-likeness (QED) is 0.731. The van der Waals surface area contributed by atoms with E-state index in [9.17, 15) is 5.11 Å². The molecule has 0 fully saturated rings. The lowest BCUT2D eigenvalue weighted by molar-refractivity contribution is 0.164. The molecule has 1 rings (SSSR count). The highest BCUT2D eigenvalue weighted by atomic mass is 16.3. The first-order chi connectivity index (χ1) is 6.25. The van der Waals surface area contributed by atoms with E-state index >= 15 is 0 Å². The molecule has 1 heterocycles. The van der Waals surface area contributed by atoms with Crippen LogP contribution in [0.3, 0.4) is 0 Å². The van der Waals surface area contributed by atoms with Crippen LogP contribution in [0.15, 0.2) is 18.5 Å². The van der Waals surface area contributed by atoms with Gasteiger partial charge in [-0.2, -0.15) is 0 Å². The van der Waals surface area contributed by atoms with Gasteiger partial charge >= 0.3 is 0 Å². The summed E-state index contributed by atoms with van der Waals surface area (Å²) in [7, 11) is 0. The summed E-state index contributed by atoms with van der Waals surface area (Å²) in [5, 5.41) is 9.74. The Bertz CT molecular complexity index is 263. The summed E-state index contributed by atoms with van der Waals surface area (Å²) in [6.45, 7) is 2.60. The summed E-state index contributed by atoms with van der Waals surface area (Å²) in [5.74, 6) is 0. The monoisotopic (exact) mass is 180 g/mol. The van der Waals surface area contributed by atoms with E-state index < -0.39 is 6.10 Å². The van der Waals surface area contributed by atoms with Crippen molar-refractivity contribution < 1.29 is 5.11 Å². The van der Waals surface area contributed by atoms with Crippen LogP contribution in [-0.2, 0) is 0 Å². The molecule has 0 aliphatic heterocycles. The van der Waals surface area contributed by atoms with Gasteiger partial charge in [0.15, 0.2) is 0 Å². The van der Waals surface area contributed by atoms with Crippen LogP contribution in [0.5, 0.6) is 0 Å². The Morgan fingerprint density at radius 3 is 3.00 bits per heavy atom. The minimum absolute atomic E-state index is 0.419. The number of rotatable bonds is 4. The third kappa shape index (κ3) is 2.79. The molecular weight excluding hydrogens is 164 g/mol. The van der Waals surface area contributed by atoms with Crippen molar-refractivity contribution in [3.05, 3.63) is 29.6 Å². The fourth-order valence-corrected chi connectivity index (χ4v) is 1.29. The highest BCUT2D eigenvalue weighted by molar-refractivity contribution is 5.23. The van der Waals surface area contributed by atoms with Gasteiger partial charge in [-0.3, -0.25) is 4.98 Å². The van der Waals surface area contributed by atoms with E-state index in [1.807, 2.05) is 13.0 Å². The number of nitrogens with zero attached hydrogens (tertiary/aromatic N) is 1. The molecule has 1 unspecified atom stereocenters. The van der Waals surface area contributed by atoms with Gasteiger partial charge < -0.3 is 10.8 Å². The maximum atomic E-state index is 9.74. The Kier molecular flexibility index (Phi) is 3.86. The second kappa shape index (κ2) is 4.94. The minimum atomic E-state index is -0.419. The van der Waals surface area contributed by atoms with Crippen LogP contribution in [0.4, 0.5) is 0 Å². The van der Waals surface area contributed by atoms with E-state index in [2.05, 4.69) is 4.98 Å². The first-order valence-corrected chi connectivity index (χ1v) is 4.54.